The topological polar surface area (TPSA) is 12.9 Å². The van der Waals surface area contributed by atoms with Crippen molar-refractivity contribution < 1.29 is 0 Å². The Kier molecular flexibility index (Phi) is 6.93. The van der Waals surface area contributed by atoms with Crippen LogP contribution >= 0.6 is 0 Å². The van der Waals surface area contributed by atoms with E-state index in [0.717, 1.165) is 5.69 Å². The van der Waals surface area contributed by atoms with Crippen LogP contribution in [-0.4, -0.2) is 20.3 Å². The highest BCUT2D eigenvalue weighted by Gasteiger charge is 2.42. The summed E-state index contributed by atoms with van der Waals surface area (Å²) in [5.74, 6) is 0. The van der Waals surface area contributed by atoms with Crippen molar-refractivity contribution in [3.05, 3.63) is 121 Å². The Bertz CT molecular complexity index is 1490. The third-order valence-corrected chi connectivity index (χ3v) is 21.2. The van der Waals surface area contributed by atoms with Crippen molar-refractivity contribution in [3.63, 3.8) is 0 Å². The molecule has 0 radical (unpaired) electrons. The van der Waals surface area contributed by atoms with E-state index in [2.05, 4.69) is 155 Å². The van der Waals surface area contributed by atoms with Crippen molar-refractivity contribution in [2.75, 3.05) is 0 Å². The fourth-order valence-corrected chi connectivity index (χ4v) is 14.0. The summed E-state index contributed by atoms with van der Waals surface area (Å²) >= 11 is 0. The molecule has 0 fully saturated rings. The Labute approximate surface area is 224 Å². The molecule has 184 valence electrons. The van der Waals surface area contributed by atoms with Crippen molar-refractivity contribution in [3.8, 4) is 44.2 Å². The molecule has 0 aliphatic carbocycles. The Hall–Kier alpha value is -3.41. The van der Waals surface area contributed by atoms with Crippen molar-refractivity contribution in [1.29, 1.82) is 0 Å². The summed E-state index contributed by atoms with van der Waals surface area (Å²) in [6.45, 7) is 12.4. The minimum Gasteiger partial charge on any atom is -0.299 e. The number of hydrogen-bond donors (Lipinski definition) is 0. The molecule has 1 nitrogen and oxygen atoms in total. The quantitative estimate of drug-likeness (QED) is 0.213. The van der Waals surface area contributed by atoms with Gasteiger partial charge in [0.2, 0.25) is 0 Å². The van der Waals surface area contributed by atoms with E-state index in [1.807, 2.05) is 0 Å². The van der Waals surface area contributed by atoms with Gasteiger partial charge in [0.15, 0.2) is 0 Å². The van der Waals surface area contributed by atoms with Crippen molar-refractivity contribution >= 4 is 15.7 Å². The van der Waals surface area contributed by atoms with Crippen LogP contribution < -0.4 is 0 Å². The molecule has 0 saturated carbocycles. The van der Waals surface area contributed by atoms with Gasteiger partial charge in [-0.05, 0) is 38.0 Å². The zero-order chi connectivity index (χ0) is 26.0. The van der Waals surface area contributed by atoms with Gasteiger partial charge >= 0.3 is 0 Å². The lowest BCUT2D eigenvalue weighted by Gasteiger charge is -2.38. The van der Waals surface area contributed by atoms with Crippen LogP contribution in [0.3, 0.4) is 0 Å². The van der Waals surface area contributed by atoms with Gasteiger partial charge in [-0.1, -0.05) is 155 Å². The monoisotopic (exact) mass is 513 g/mol. The lowest BCUT2D eigenvalue weighted by atomic mass is 9.90. The van der Waals surface area contributed by atoms with E-state index in [-0.39, 0.29) is 5.04 Å². The van der Waals surface area contributed by atoms with E-state index >= 15 is 0 Å². The number of aromatic nitrogens is 1. The first-order valence-electron chi connectivity index (χ1n) is 13.1. The van der Waals surface area contributed by atoms with E-state index in [1.54, 1.807) is 0 Å². The number of rotatable bonds is 5. The maximum atomic E-state index is 5.87. The Morgan fingerprint density at radius 3 is 1.32 bits per heavy atom. The van der Waals surface area contributed by atoms with Crippen molar-refractivity contribution in [1.82, 2.24) is 4.64 Å². The summed E-state index contributed by atoms with van der Waals surface area (Å²) in [6, 6.07) is 43.7. The molecule has 0 aliphatic heterocycles. The summed E-state index contributed by atoms with van der Waals surface area (Å²) in [5, 5.41) is 1.67. The van der Waals surface area contributed by atoms with Crippen LogP contribution in [0.5, 0.6) is 0 Å². The van der Waals surface area contributed by atoms with Gasteiger partial charge in [-0.3, -0.25) is 4.64 Å². The first-order valence-corrected chi connectivity index (χ1v) is 18.5. The zero-order valence-corrected chi connectivity index (χ0v) is 24.5. The normalized spacial score (nSPS) is 11.9. The molecule has 0 aliphatic rings. The molecule has 4 aromatic carbocycles. The van der Waals surface area contributed by atoms with E-state index in [4.69, 9.17) is 4.64 Å². The highest BCUT2D eigenvalue weighted by Crippen LogP contribution is 2.47. The summed E-state index contributed by atoms with van der Waals surface area (Å²) in [4.78, 5) is 0. The van der Waals surface area contributed by atoms with Crippen molar-refractivity contribution in [2.45, 2.75) is 38.9 Å². The first-order chi connectivity index (χ1) is 17.8. The van der Waals surface area contributed by atoms with Crippen molar-refractivity contribution in [2.24, 2.45) is 0 Å². The van der Waals surface area contributed by atoms with Gasteiger partial charge in [0.05, 0.1) is 13.3 Å². The average molecular weight is 514 g/mol. The average Bonchev–Trinajstić information content (AvgIpc) is 2.93. The molecule has 1 heterocycles. The maximum Gasteiger partial charge on any atom is 0.150 e. The SMILES string of the molecule is CC(C)(C)[Si](C)(C)[si]1nc(-c2ccccc2)c(-c2ccccc2)c(-c2ccccc2)c1-c1ccccc1. The molecule has 5 rings (SSSR count). The first kappa shape index (κ1) is 25.3. The van der Waals surface area contributed by atoms with Gasteiger partial charge in [-0.2, -0.15) is 0 Å². The van der Waals surface area contributed by atoms with E-state index in [1.165, 1.54) is 38.6 Å². The van der Waals surface area contributed by atoms with E-state index in [0.29, 0.717) is 0 Å². The Morgan fingerprint density at radius 1 is 0.514 bits per heavy atom. The summed E-state index contributed by atoms with van der Waals surface area (Å²) in [7, 11) is -3.20. The molecule has 3 heteroatoms. The summed E-state index contributed by atoms with van der Waals surface area (Å²) in [5.41, 5.74) is 8.73. The standard InChI is InChI=1S/C34H35NSi2/c1-34(2,3)37(4,5)36-33(29-24-16-9-17-25-29)31(27-20-12-7-13-21-27)30(26-18-10-6-11-19-26)32(35-36)28-22-14-8-15-23-28/h6-25H,1-5H3. The van der Waals surface area contributed by atoms with Crippen LogP contribution in [-0.2, 0) is 0 Å². The minimum absolute atomic E-state index is 0.207. The minimum atomic E-state index is -1.89. The van der Waals surface area contributed by atoms with Crippen LogP contribution in [0.4, 0.5) is 0 Å². The third kappa shape index (κ3) is 4.82. The highest BCUT2D eigenvalue weighted by molar-refractivity contribution is 7.30. The molecule has 0 amide bonds. The van der Waals surface area contributed by atoms with Crippen LogP contribution in [0, 0.1) is 0 Å². The fraction of sp³-hybridized carbons (Fsp3) is 0.176. The molecule has 0 spiro atoms. The van der Waals surface area contributed by atoms with Crippen LogP contribution in [0.25, 0.3) is 44.2 Å². The number of benzene rings is 4. The van der Waals surface area contributed by atoms with Crippen LogP contribution in [0.1, 0.15) is 20.8 Å². The van der Waals surface area contributed by atoms with Gasteiger partial charge < -0.3 is 0 Å². The molecule has 0 atom stereocenters. The number of hydrogen-bond acceptors (Lipinski definition) is 1. The lowest BCUT2D eigenvalue weighted by Crippen LogP contribution is -2.48. The second-order valence-corrected chi connectivity index (χ2v) is 22.6. The zero-order valence-electron chi connectivity index (χ0n) is 22.5. The van der Waals surface area contributed by atoms with Crippen LogP contribution in [0.15, 0.2) is 121 Å². The van der Waals surface area contributed by atoms with Gasteiger partial charge in [0, 0.05) is 5.56 Å². The smallest absolute Gasteiger partial charge is 0.150 e. The molecule has 0 saturated heterocycles. The summed E-state index contributed by atoms with van der Waals surface area (Å²) < 4.78 is 5.87. The van der Waals surface area contributed by atoms with Crippen LogP contribution in [0.2, 0.25) is 18.1 Å². The molecular weight excluding hydrogens is 479 g/mol. The highest BCUT2D eigenvalue weighted by atomic mass is 29.2. The Balaban J connectivity index is 2.05. The number of nitrogens with zero attached hydrogens (tertiary/aromatic N) is 1. The molecule has 5 aromatic rings. The van der Waals surface area contributed by atoms with Gasteiger partial charge in [-0.25, -0.2) is 0 Å². The predicted octanol–water partition coefficient (Wildman–Crippen LogP) is 9.63. The van der Waals surface area contributed by atoms with Gasteiger partial charge in [0.25, 0.3) is 0 Å². The van der Waals surface area contributed by atoms with E-state index < -0.39 is 15.7 Å². The third-order valence-electron chi connectivity index (χ3n) is 7.90. The second-order valence-electron chi connectivity index (χ2n) is 11.3. The molecule has 0 unspecified atom stereocenters. The maximum absolute atomic E-state index is 5.87. The predicted molar refractivity (Wildman–Crippen MR) is 165 cm³/mol. The molecule has 0 bridgehead atoms. The van der Waals surface area contributed by atoms with Gasteiger partial charge in [-0.15, -0.1) is 0 Å². The van der Waals surface area contributed by atoms with Gasteiger partial charge in [0.1, 0.15) is 8.08 Å². The largest absolute Gasteiger partial charge is 0.299 e. The molecule has 1 aromatic heterocycles. The summed E-state index contributed by atoms with van der Waals surface area (Å²) in [6.07, 6.45) is 0. The molecular formula is C34H35NSi2. The fourth-order valence-electron chi connectivity index (χ4n) is 4.86. The molecule has 37 heavy (non-hydrogen) atoms. The Morgan fingerprint density at radius 2 is 0.892 bits per heavy atom. The van der Waals surface area contributed by atoms with E-state index in [9.17, 15) is 0 Å². The second kappa shape index (κ2) is 10.2. The molecule has 0 N–H and O–H groups in total. The lowest BCUT2D eigenvalue weighted by molar-refractivity contribution is 0.734.